The van der Waals surface area contributed by atoms with E-state index in [4.69, 9.17) is 0 Å². The van der Waals surface area contributed by atoms with E-state index in [1.807, 2.05) is 47.2 Å². The molecule has 1 aromatic rings. The van der Waals surface area contributed by atoms with Crippen LogP contribution < -0.4 is 0 Å². The minimum atomic E-state index is 0.0332. The third-order valence-electron chi connectivity index (χ3n) is 6.11. The molecule has 2 fully saturated rings. The highest BCUT2D eigenvalue weighted by molar-refractivity contribution is 5.80. The number of likely N-dealkylation sites (tertiary alicyclic amines) is 1. The Kier molecular flexibility index (Phi) is 7.45. The molecule has 1 aromatic carbocycles. The van der Waals surface area contributed by atoms with Crippen molar-refractivity contribution in [3.05, 3.63) is 35.9 Å². The summed E-state index contributed by atoms with van der Waals surface area (Å²) in [6, 6.07) is 10.1. The van der Waals surface area contributed by atoms with Gasteiger partial charge in [0.25, 0.3) is 0 Å². The third-order valence-corrected chi connectivity index (χ3v) is 6.11. The molecule has 0 atom stereocenters. The normalized spacial score (nSPS) is 19.6. The SMILES string of the molecule is CCN1CCN(CC(=O)N2CCC(C(=O)N(C)Cc3ccccc3)CC2)CC1. The standard InChI is InChI=1S/C22H34N4O2/c1-3-24-13-15-25(16-14-24)18-21(27)26-11-9-20(10-12-26)22(28)23(2)17-19-7-5-4-6-8-19/h4-8,20H,3,9-18H2,1-2H3. The quantitative estimate of drug-likeness (QED) is 0.744. The highest BCUT2D eigenvalue weighted by Crippen LogP contribution is 2.20. The summed E-state index contributed by atoms with van der Waals surface area (Å²) in [7, 11) is 1.88. The molecule has 0 aliphatic carbocycles. The van der Waals surface area contributed by atoms with Gasteiger partial charge in [-0.25, -0.2) is 0 Å². The highest BCUT2D eigenvalue weighted by Gasteiger charge is 2.30. The zero-order valence-corrected chi connectivity index (χ0v) is 17.3. The van der Waals surface area contributed by atoms with Crippen LogP contribution in [0.25, 0.3) is 0 Å². The summed E-state index contributed by atoms with van der Waals surface area (Å²) in [6.07, 6.45) is 1.54. The van der Waals surface area contributed by atoms with Crippen LogP contribution >= 0.6 is 0 Å². The van der Waals surface area contributed by atoms with Crippen LogP contribution in [0.3, 0.4) is 0 Å². The number of hydrogen-bond donors (Lipinski definition) is 0. The molecule has 2 aliphatic rings. The van der Waals surface area contributed by atoms with Crippen LogP contribution in [0.5, 0.6) is 0 Å². The molecule has 154 valence electrons. The molecule has 0 radical (unpaired) electrons. The average molecular weight is 387 g/mol. The molecule has 0 N–H and O–H groups in total. The zero-order valence-electron chi connectivity index (χ0n) is 17.3. The lowest BCUT2D eigenvalue weighted by Gasteiger charge is -2.37. The van der Waals surface area contributed by atoms with Gasteiger partial charge in [-0.3, -0.25) is 14.5 Å². The lowest BCUT2D eigenvalue weighted by Crippen LogP contribution is -2.51. The summed E-state index contributed by atoms with van der Waals surface area (Å²) in [5, 5.41) is 0. The maximum atomic E-state index is 12.8. The molecule has 28 heavy (non-hydrogen) atoms. The van der Waals surface area contributed by atoms with Crippen molar-refractivity contribution in [3.63, 3.8) is 0 Å². The van der Waals surface area contributed by atoms with Crippen LogP contribution in [0.2, 0.25) is 0 Å². The Morgan fingerprint density at radius 3 is 2.18 bits per heavy atom. The van der Waals surface area contributed by atoms with Crippen molar-refractivity contribution in [1.82, 2.24) is 19.6 Å². The molecule has 2 aliphatic heterocycles. The Balaban J connectivity index is 1.41. The summed E-state index contributed by atoms with van der Waals surface area (Å²) in [6.45, 7) is 9.87. The molecule has 2 heterocycles. The van der Waals surface area contributed by atoms with E-state index in [1.54, 1.807) is 0 Å². The van der Waals surface area contributed by atoms with Gasteiger partial charge in [0.15, 0.2) is 0 Å². The topological polar surface area (TPSA) is 47.1 Å². The van der Waals surface area contributed by atoms with Gasteiger partial charge >= 0.3 is 0 Å². The van der Waals surface area contributed by atoms with E-state index in [9.17, 15) is 9.59 Å². The maximum Gasteiger partial charge on any atom is 0.236 e. The number of carbonyl (C=O) groups is 2. The zero-order chi connectivity index (χ0) is 19.9. The fourth-order valence-electron chi connectivity index (χ4n) is 4.18. The predicted octanol–water partition coefficient (Wildman–Crippen LogP) is 1.52. The molecule has 6 heteroatoms. The van der Waals surface area contributed by atoms with Crippen LogP contribution in [0, 0.1) is 5.92 Å². The maximum absolute atomic E-state index is 12.8. The number of piperazine rings is 1. The van der Waals surface area contributed by atoms with Crippen molar-refractivity contribution >= 4 is 11.8 Å². The Labute approximate surface area is 169 Å². The second-order valence-corrected chi connectivity index (χ2v) is 8.05. The molecule has 3 rings (SSSR count). The number of hydrogen-bond acceptors (Lipinski definition) is 4. The largest absolute Gasteiger partial charge is 0.342 e. The number of rotatable bonds is 6. The monoisotopic (exact) mass is 386 g/mol. The Hall–Kier alpha value is -1.92. The minimum Gasteiger partial charge on any atom is -0.342 e. The fraction of sp³-hybridized carbons (Fsp3) is 0.636. The van der Waals surface area contributed by atoms with Crippen molar-refractivity contribution in [2.45, 2.75) is 26.3 Å². The van der Waals surface area contributed by atoms with Crippen LogP contribution in [0.15, 0.2) is 30.3 Å². The first-order chi connectivity index (χ1) is 13.6. The van der Waals surface area contributed by atoms with E-state index in [2.05, 4.69) is 16.7 Å². The molecule has 2 amide bonds. The summed E-state index contributed by atoms with van der Waals surface area (Å²) >= 11 is 0. The summed E-state index contributed by atoms with van der Waals surface area (Å²) in [4.78, 5) is 33.9. The minimum absolute atomic E-state index is 0.0332. The molecule has 6 nitrogen and oxygen atoms in total. The Bertz CT molecular complexity index is 635. The van der Waals surface area contributed by atoms with Gasteiger partial charge in [-0.05, 0) is 24.9 Å². The number of likely N-dealkylation sites (N-methyl/N-ethyl adjacent to an activating group) is 1. The van der Waals surface area contributed by atoms with Crippen molar-refractivity contribution in [2.24, 2.45) is 5.92 Å². The van der Waals surface area contributed by atoms with Gasteiger partial charge in [0.05, 0.1) is 6.54 Å². The third kappa shape index (κ3) is 5.55. The van der Waals surface area contributed by atoms with Crippen LogP contribution in [-0.4, -0.2) is 90.8 Å². The molecule has 0 unspecified atom stereocenters. The summed E-state index contributed by atoms with van der Waals surface area (Å²) < 4.78 is 0. The lowest BCUT2D eigenvalue weighted by molar-refractivity contribution is -0.140. The van der Waals surface area contributed by atoms with Gasteiger partial charge in [-0.15, -0.1) is 0 Å². The van der Waals surface area contributed by atoms with Crippen molar-refractivity contribution < 1.29 is 9.59 Å². The van der Waals surface area contributed by atoms with Gasteiger partial charge in [0.2, 0.25) is 11.8 Å². The Morgan fingerprint density at radius 1 is 0.964 bits per heavy atom. The average Bonchev–Trinajstić information content (AvgIpc) is 2.74. The highest BCUT2D eigenvalue weighted by atomic mass is 16.2. The first kappa shape index (κ1) is 20.8. The molecule has 0 saturated carbocycles. The van der Waals surface area contributed by atoms with Crippen molar-refractivity contribution in [1.29, 1.82) is 0 Å². The van der Waals surface area contributed by atoms with Gasteiger partial charge in [0.1, 0.15) is 0 Å². The second-order valence-electron chi connectivity index (χ2n) is 8.05. The first-order valence-electron chi connectivity index (χ1n) is 10.6. The Morgan fingerprint density at radius 2 is 1.57 bits per heavy atom. The van der Waals surface area contributed by atoms with Gasteiger partial charge in [-0.2, -0.15) is 0 Å². The molecular weight excluding hydrogens is 352 g/mol. The van der Waals surface area contributed by atoms with Crippen LogP contribution in [-0.2, 0) is 16.1 Å². The van der Waals surface area contributed by atoms with Crippen LogP contribution in [0.1, 0.15) is 25.3 Å². The molecular formula is C22H34N4O2. The number of carbonyl (C=O) groups excluding carboxylic acids is 2. The molecule has 0 bridgehead atoms. The van der Waals surface area contributed by atoms with Gasteiger partial charge in [0, 0.05) is 58.8 Å². The van der Waals surface area contributed by atoms with E-state index < -0.39 is 0 Å². The molecule has 0 aromatic heterocycles. The smallest absolute Gasteiger partial charge is 0.236 e. The van der Waals surface area contributed by atoms with E-state index in [0.717, 1.165) is 51.1 Å². The van der Waals surface area contributed by atoms with E-state index >= 15 is 0 Å². The van der Waals surface area contributed by atoms with Crippen molar-refractivity contribution in [2.75, 3.05) is 59.4 Å². The number of benzene rings is 1. The summed E-state index contributed by atoms with van der Waals surface area (Å²) in [5.41, 5.74) is 1.15. The lowest BCUT2D eigenvalue weighted by atomic mass is 9.95. The number of piperidine rings is 1. The predicted molar refractivity (Wildman–Crippen MR) is 111 cm³/mol. The fourth-order valence-corrected chi connectivity index (χ4v) is 4.18. The van der Waals surface area contributed by atoms with E-state index in [-0.39, 0.29) is 17.7 Å². The first-order valence-corrected chi connectivity index (χ1v) is 10.6. The van der Waals surface area contributed by atoms with Gasteiger partial charge < -0.3 is 14.7 Å². The van der Waals surface area contributed by atoms with E-state index in [0.29, 0.717) is 26.2 Å². The second kappa shape index (κ2) is 10.0. The van der Waals surface area contributed by atoms with E-state index in [1.165, 1.54) is 0 Å². The summed E-state index contributed by atoms with van der Waals surface area (Å²) in [5.74, 6) is 0.450. The molecule has 2 saturated heterocycles. The van der Waals surface area contributed by atoms with Gasteiger partial charge in [-0.1, -0.05) is 37.3 Å². The van der Waals surface area contributed by atoms with Crippen LogP contribution in [0.4, 0.5) is 0 Å². The number of amides is 2. The molecule has 0 spiro atoms. The van der Waals surface area contributed by atoms with Crippen molar-refractivity contribution in [3.8, 4) is 0 Å². The number of nitrogens with zero attached hydrogens (tertiary/aromatic N) is 4.